The number of benzene rings is 3. The van der Waals surface area contributed by atoms with E-state index in [4.69, 9.17) is 9.15 Å². The van der Waals surface area contributed by atoms with Crippen LogP contribution in [0.2, 0.25) is 0 Å². The molecule has 0 aliphatic rings. The number of amides is 3. The average molecular weight is 472 g/mol. The lowest BCUT2D eigenvalue weighted by molar-refractivity contribution is -0.121. The highest BCUT2D eigenvalue weighted by atomic mass is 16.5. The van der Waals surface area contributed by atoms with Crippen LogP contribution in [0, 0.1) is 0 Å². The first-order chi connectivity index (χ1) is 17.0. The first kappa shape index (κ1) is 23.7. The Morgan fingerprint density at radius 1 is 0.800 bits per heavy atom. The summed E-state index contributed by atoms with van der Waals surface area (Å²) in [7, 11) is 1.46. The van der Waals surface area contributed by atoms with Crippen molar-refractivity contribution in [2.75, 3.05) is 24.4 Å². The van der Waals surface area contributed by atoms with E-state index < -0.39 is 0 Å². The molecule has 3 N–H and O–H groups in total. The maximum absolute atomic E-state index is 12.5. The summed E-state index contributed by atoms with van der Waals surface area (Å²) in [5, 5.41) is 9.27. The summed E-state index contributed by atoms with van der Waals surface area (Å²) in [6, 6.07) is 23.4. The molecule has 0 saturated heterocycles. The molecule has 0 aliphatic heterocycles. The highest BCUT2D eigenvalue weighted by molar-refractivity contribution is 6.04. The first-order valence-corrected chi connectivity index (χ1v) is 11.0. The van der Waals surface area contributed by atoms with E-state index in [0.717, 1.165) is 16.5 Å². The van der Waals surface area contributed by atoms with Gasteiger partial charge in [-0.05, 0) is 47.5 Å². The Morgan fingerprint density at radius 2 is 1.60 bits per heavy atom. The summed E-state index contributed by atoms with van der Waals surface area (Å²) in [4.78, 5) is 36.5. The van der Waals surface area contributed by atoms with E-state index in [9.17, 15) is 14.4 Å². The van der Waals surface area contributed by atoms with E-state index in [-0.39, 0.29) is 36.5 Å². The number of ether oxygens (including phenoxy) is 1. The van der Waals surface area contributed by atoms with Crippen LogP contribution in [-0.4, -0.2) is 31.4 Å². The molecular formula is C27H25N3O5. The van der Waals surface area contributed by atoms with Gasteiger partial charge in [0, 0.05) is 30.4 Å². The predicted molar refractivity (Wildman–Crippen MR) is 133 cm³/mol. The lowest BCUT2D eigenvalue weighted by atomic mass is 10.1. The third kappa shape index (κ3) is 6.55. The fourth-order valence-corrected chi connectivity index (χ4v) is 3.53. The summed E-state index contributed by atoms with van der Waals surface area (Å²) < 4.78 is 10.4. The highest BCUT2D eigenvalue weighted by Gasteiger charge is 2.12. The molecule has 0 unspecified atom stereocenters. The second kappa shape index (κ2) is 11.1. The van der Waals surface area contributed by atoms with Gasteiger partial charge in [0.2, 0.25) is 11.8 Å². The van der Waals surface area contributed by atoms with Crippen LogP contribution in [-0.2, 0) is 27.3 Å². The van der Waals surface area contributed by atoms with E-state index in [1.807, 2.05) is 36.4 Å². The van der Waals surface area contributed by atoms with Crippen molar-refractivity contribution in [1.82, 2.24) is 5.32 Å². The minimum absolute atomic E-state index is 0.0245. The van der Waals surface area contributed by atoms with Gasteiger partial charge < -0.3 is 25.1 Å². The van der Waals surface area contributed by atoms with E-state index in [2.05, 4.69) is 16.0 Å². The lowest BCUT2D eigenvalue weighted by Crippen LogP contribution is -2.24. The molecule has 1 aromatic heterocycles. The van der Waals surface area contributed by atoms with Gasteiger partial charge in [-0.2, -0.15) is 0 Å². The average Bonchev–Trinajstić information content (AvgIpc) is 3.29. The predicted octanol–water partition coefficient (Wildman–Crippen LogP) is 4.13. The number of carbonyl (C=O) groups excluding carboxylic acids is 3. The third-order valence-corrected chi connectivity index (χ3v) is 5.20. The fraction of sp³-hybridized carbons (Fsp3) is 0.148. The summed E-state index contributed by atoms with van der Waals surface area (Å²) in [5.41, 5.74) is 3.56. The molecular weight excluding hydrogens is 446 g/mol. The van der Waals surface area contributed by atoms with Crippen molar-refractivity contribution in [3.05, 3.63) is 95.7 Å². The molecule has 3 aromatic carbocycles. The molecule has 0 radical (unpaired) electrons. The van der Waals surface area contributed by atoms with Crippen LogP contribution in [0.25, 0.3) is 11.0 Å². The number of nitrogens with one attached hydrogen (secondary N) is 3. The normalized spacial score (nSPS) is 10.7. The molecule has 35 heavy (non-hydrogen) atoms. The van der Waals surface area contributed by atoms with Gasteiger partial charge in [0.05, 0.1) is 6.42 Å². The van der Waals surface area contributed by atoms with Gasteiger partial charge in [-0.3, -0.25) is 14.4 Å². The second-order valence-electron chi connectivity index (χ2n) is 7.93. The van der Waals surface area contributed by atoms with Gasteiger partial charge in [0.15, 0.2) is 5.76 Å². The standard InChI is InChI=1S/C27H25N3O5/c1-34-17-26(32)29-22-7-4-5-19(13-22)16-28-25(31)14-18-9-11-21(12-10-18)30-27(33)24-15-20-6-2-3-8-23(20)35-24/h2-13,15H,14,16-17H2,1H3,(H,28,31)(H,29,32)(H,30,33). The van der Waals surface area contributed by atoms with Crippen LogP contribution in [0.1, 0.15) is 21.7 Å². The van der Waals surface area contributed by atoms with Gasteiger partial charge in [-0.15, -0.1) is 0 Å². The van der Waals surface area contributed by atoms with Crippen molar-refractivity contribution in [1.29, 1.82) is 0 Å². The molecule has 0 aliphatic carbocycles. The number of hydrogen-bond donors (Lipinski definition) is 3. The van der Waals surface area contributed by atoms with Gasteiger partial charge in [0.1, 0.15) is 12.2 Å². The topological polar surface area (TPSA) is 110 Å². The molecule has 0 saturated carbocycles. The molecule has 1 heterocycles. The molecule has 8 nitrogen and oxygen atoms in total. The van der Waals surface area contributed by atoms with Crippen LogP contribution in [0.4, 0.5) is 11.4 Å². The molecule has 3 amide bonds. The zero-order valence-electron chi connectivity index (χ0n) is 19.2. The second-order valence-corrected chi connectivity index (χ2v) is 7.93. The third-order valence-electron chi connectivity index (χ3n) is 5.20. The highest BCUT2D eigenvalue weighted by Crippen LogP contribution is 2.20. The molecule has 4 rings (SSSR count). The Morgan fingerprint density at radius 3 is 2.37 bits per heavy atom. The largest absolute Gasteiger partial charge is 0.451 e. The van der Waals surface area contributed by atoms with Crippen molar-refractivity contribution in [3.63, 3.8) is 0 Å². The Balaban J connectivity index is 1.27. The smallest absolute Gasteiger partial charge is 0.291 e. The molecule has 4 aromatic rings. The van der Waals surface area contributed by atoms with Gasteiger partial charge >= 0.3 is 0 Å². The van der Waals surface area contributed by atoms with Crippen molar-refractivity contribution in [2.45, 2.75) is 13.0 Å². The molecule has 178 valence electrons. The first-order valence-electron chi connectivity index (χ1n) is 11.0. The van der Waals surface area contributed by atoms with Gasteiger partial charge in [-0.1, -0.05) is 42.5 Å². The number of para-hydroxylation sites is 1. The summed E-state index contributed by atoms with van der Waals surface area (Å²) in [6.45, 7) is 0.307. The molecule has 0 bridgehead atoms. The Hall–Kier alpha value is -4.43. The van der Waals surface area contributed by atoms with Crippen LogP contribution >= 0.6 is 0 Å². The van der Waals surface area contributed by atoms with E-state index >= 15 is 0 Å². The van der Waals surface area contributed by atoms with Crippen LogP contribution in [0.15, 0.2) is 83.3 Å². The number of carbonyl (C=O) groups is 3. The number of hydrogen-bond acceptors (Lipinski definition) is 5. The van der Waals surface area contributed by atoms with Crippen LogP contribution in [0.3, 0.4) is 0 Å². The minimum atomic E-state index is -0.340. The maximum atomic E-state index is 12.5. The van der Waals surface area contributed by atoms with Crippen molar-refractivity contribution < 1.29 is 23.5 Å². The quantitative estimate of drug-likeness (QED) is 0.340. The van der Waals surface area contributed by atoms with Crippen molar-refractivity contribution in [2.24, 2.45) is 0 Å². The summed E-state index contributed by atoms with van der Waals surface area (Å²) in [6.07, 6.45) is 0.196. The molecule has 0 atom stereocenters. The van der Waals surface area contributed by atoms with Gasteiger partial charge in [0.25, 0.3) is 5.91 Å². The summed E-state index contributed by atoms with van der Waals surface area (Å²) in [5.74, 6) is -0.492. The summed E-state index contributed by atoms with van der Waals surface area (Å²) >= 11 is 0. The molecule has 0 spiro atoms. The molecule has 0 fully saturated rings. The van der Waals surface area contributed by atoms with E-state index in [0.29, 0.717) is 23.5 Å². The van der Waals surface area contributed by atoms with E-state index in [1.165, 1.54) is 7.11 Å². The number of fused-ring (bicyclic) bond motifs is 1. The maximum Gasteiger partial charge on any atom is 0.291 e. The Bertz CT molecular complexity index is 1310. The lowest BCUT2D eigenvalue weighted by Gasteiger charge is -2.09. The fourth-order valence-electron chi connectivity index (χ4n) is 3.53. The monoisotopic (exact) mass is 471 g/mol. The number of anilines is 2. The van der Waals surface area contributed by atoms with Crippen molar-refractivity contribution in [3.8, 4) is 0 Å². The molecule has 8 heteroatoms. The van der Waals surface area contributed by atoms with Crippen LogP contribution < -0.4 is 16.0 Å². The van der Waals surface area contributed by atoms with Crippen molar-refractivity contribution >= 4 is 40.1 Å². The minimum Gasteiger partial charge on any atom is -0.451 e. The van der Waals surface area contributed by atoms with E-state index in [1.54, 1.807) is 42.5 Å². The zero-order chi connectivity index (χ0) is 24.6. The number of rotatable bonds is 9. The number of methoxy groups -OCH3 is 1. The van der Waals surface area contributed by atoms with Gasteiger partial charge in [-0.25, -0.2) is 0 Å². The van der Waals surface area contributed by atoms with Crippen LogP contribution in [0.5, 0.6) is 0 Å². The Kier molecular flexibility index (Phi) is 7.54. The zero-order valence-corrected chi connectivity index (χ0v) is 19.2. The SMILES string of the molecule is COCC(=O)Nc1cccc(CNC(=O)Cc2ccc(NC(=O)c3cc4ccccc4o3)cc2)c1. The Labute approximate surface area is 202 Å². The number of furan rings is 1.